The van der Waals surface area contributed by atoms with E-state index in [1.54, 1.807) is 12.1 Å². The molecule has 2 rings (SSSR count). The summed E-state index contributed by atoms with van der Waals surface area (Å²) >= 11 is 0. The van der Waals surface area contributed by atoms with Gasteiger partial charge >= 0.3 is 0 Å². The van der Waals surface area contributed by atoms with Crippen molar-refractivity contribution in [2.45, 2.75) is 38.8 Å². The van der Waals surface area contributed by atoms with Gasteiger partial charge in [0.2, 0.25) is 0 Å². The third-order valence-electron chi connectivity index (χ3n) is 4.07. The number of hydrogen-bond acceptors (Lipinski definition) is 2. The molecule has 0 radical (unpaired) electrons. The lowest BCUT2D eigenvalue weighted by Crippen LogP contribution is -2.32. The predicted octanol–water partition coefficient (Wildman–Crippen LogP) is 3.62. The van der Waals surface area contributed by atoms with Crippen LogP contribution in [-0.4, -0.2) is 31.1 Å². The molecule has 0 spiro atoms. The summed E-state index contributed by atoms with van der Waals surface area (Å²) in [5, 5.41) is 3.47. The van der Waals surface area contributed by atoms with Gasteiger partial charge in [0, 0.05) is 24.2 Å². The molecular weight excluding hydrogens is 258 g/mol. The van der Waals surface area contributed by atoms with E-state index < -0.39 is 6.43 Å². The van der Waals surface area contributed by atoms with Gasteiger partial charge in [-0.25, -0.2) is 8.78 Å². The van der Waals surface area contributed by atoms with Crippen LogP contribution in [0.5, 0.6) is 0 Å². The number of nitrogens with one attached hydrogen (secondary N) is 1. The van der Waals surface area contributed by atoms with Gasteiger partial charge in [0.05, 0.1) is 0 Å². The van der Waals surface area contributed by atoms with Gasteiger partial charge in [-0.05, 0) is 37.6 Å². The average molecular weight is 282 g/mol. The molecule has 2 atom stereocenters. The summed E-state index contributed by atoms with van der Waals surface area (Å²) in [7, 11) is 2.08. The third-order valence-corrected chi connectivity index (χ3v) is 4.07. The Kier molecular flexibility index (Phi) is 5.11. The Labute approximate surface area is 120 Å². The second-order valence-electron chi connectivity index (χ2n) is 6.01. The first-order valence-corrected chi connectivity index (χ1v) is 7.30. The highest BCUT2D eigenvalue weighted by Gasteiger charge is 2.33. The smallest absolute Gasteiger partial charge is 0.263 e. The standard InChI is InChI=1S/C16H24F2N2/c1-11(2)19-10-14-7-8-20(3)15(14)12-5-4-6-13(9-12)16(17)18/h4-6,9,11,14-16,19H,7-8,10H2,1-3H3. The van der Waals surface area contributed by atoms with E-state index in [1.807, 2.05) is 6.07 Å². The van der Waals surface area contributed by atoms with Crippen LogP contribution in [0.1, 0.15) is 43.9 Å². The molecule has 0 amide bonds. The molecule has 1 aliphatic rings. The Balaban J connectivity index is 2.16. The van der Waals surface area contributed by atoms with Crippen LogP contribution in [0.2, 0.25) is 0 Å². The van der Waals surface area contributed by atoms with Crippen LogP contribution >= 0.6 is 0 Å². The minimum atomic E-state index is -2.39. The zero-order valence-electron chi connectivity index (χ0n) is 12.4. The van der Waals surface area contributed by atoms with Gasteiger partial charge in [0.25, 0.3) is 6.43 Å². The maximum Gasteiger partial charge on any atom is 0.263 e. The second kappa shape index (κ2) is 6.64. The molecule has 1 N–H and O–H groups in total. The second-order valence-corrected chi connectivity index (χ2v) is 6.01. The van der Waals surface area contributed by atoms with Gasteiger partial charge in [-0.15, -0.1) is 0 Å². The zero-order chi connectivity index (χ0) is 14.7. The lowest BCUT2D eigenvalue weighted by Gasteiger charge is -2.27. The maximum atomic E-state index is 12.9. The Morgan fingerprint density at radius 2 is 2.10 bits per heavy atom. The zero-order valence-corrected chi connectivity index (χ0v) is 12.4. The van der Waals surface area contributed by atoms with E-state index in [-0.39, 0.29) is 11.6 Å². The largest absolute Gasteiger partial charge is 0.314 e. The molecule has 2 nitrogen and oxygen atoms in total. The molecule has 1 aromatic carbocycles. The van der Waals surface area contributed by atoms with Gasteiger partial charge in [-0.2, -0.15) is 0 Å². The van der Waals surface area contributed by atoms with Crippen molar-refractivity contribution in [3.05, 3.63) is 35.4 Å². The molecule has 20 heavy (non-hydrogen) atoms. The number of halogens is 2. The molecule has 2 unspecified atom stereocenters. The van der Waals surface area contributed by atoms with E-state index in [2.05, 4.69) is 31.1 Å². The van der Waals surface area contributed by atoms with Crippen LogP contribution in [0, 0.1) is 5.92 Å². The molecule has 1 fully saturated rings. The first kappa shape index (κ1) is 15.4. The number of alkyl halides is 2. The van der Waals surface area contributed by atoms with E-state index in [4.69, 9.17) is 0 Å². The molecule has 0 aliphatic carbocycles. The highest BCUT2D eigenvalue weighted by molar-refractivity contribution is 5.28. The molecule has 4 heteroatoms. The van der Waals surface area contributed by atoms with Crippen molar-refractivity contribution in [3.63, 3.8) is 0 Å². The Bertz CT molecular complexity index is 434. The lowest BCUT2D eigenvalue weighted by atomic mass is 9.92. The van der Waals surface area contributed by atoms with Gasteiger partial charge in [-0.1, -0.05) is 32.0 Å². The molecule has 112 valence electrons. The Morgan fingerprint density at radius 3 is 2.75 bits per heavy atom. The van der Waals surface area contributed by atoms with Crippen LogP contribution < -0.4 is 5.32 Å². The van der Waals surface area contributed by atoms with E-state index >= 15 is 0 Å². The molecule has 1 heterocycles. The third kappa shape index (κ3) is 3.55. The summed E-state index contributed by atoms with van der Waals surface area (Å²) in [6.07, 6.45) is -1.28. The minimum absolute atomic E-state index is 0.123. The summed E-state index contributed by atoms with van der Waals surface area (Å²) in [6.45, 7) is 6.22. The summed E-state index contributed by atoms with van der Waals surface area (Å²) in [5.41, 5.74) is 1.14. The quantitative estimate of drug-likeness (QED) is 0.887. The van der Waals surface area contributed by atoms with Gasteiger partial charge in [-0.3, -0.25) is 4.90 Å². The first-order chi connectivity index (χ1) is 9.49. The molecule has 1 saturated heterocycles. The van der Waals surface area contributed by atoms with Crippen molar-refractivity contribution in [1.29, 1.82) is 0 Å². The first-order valence-electron chi connectivity index (χ1n) is 7.30. The van der Waals surface area contributed by atoms with Crippen molar-refractivity contribution in [1.82, 2.24) is 10.2 Å². The molecule has 0 bridgehead atoms. The molecule has 0 saturated carbocycles. The summed E-state index contributed by atoms with van der Waals surface area (Å²) in [5.74, 6) is 0.482. The predicted molar refractivity (Wildman–Crippen MR) is 78.0 cm³/mol. The Hall–Kier alpha value is -1.00. The lowest BCUT2D eigenvalue weighted by molar-refractivity contribution is 0.151. The van der Waals surface area contributed by atoms with E-state index in [0.29, 0.717) is 12.0 Å². The number of benzene rings is 1. The van der Waals surface area contributed by atoms with Crippen molar-refractivity contribution >= 4 is 0 Å². The number of hydrogen-bond donors (Lipinski definition) is 1. The SMILES string of the molecule is CC(C)NCC1CCN(C)C1c1cccc(C(F)F)c1. The van der Waals surface area contributed by atoms with Crippen molar-refractivity contribution < 1.29 is 8.78 Å². The van der Waals surface area contributed by atoms with Crippen LogP contribution in [-0.2, 0) is 0 Å². The average Bonchev–Trinajstić information content (AvgIpc) is 2.77. The summed E-state index contributed by atoms with van der Waals surface area (Å²) in [6, 6.07) is 7.58. The monoisotopic (exact) mass is 282 g/mol. The summed E-state index contributed by atoms with van der Waals surface area (Å²) in [4.78, 5) is 2.28. The van der Waals surface area contributed by atoms with E-state index in [9.17, 15) is 8.78 Å². The van der Waals surface area contributed by atoms with Crippen molar-refractivity contribution in [2.75, 3.05) is 20.1 Å². The van der Waals surface area contributed by atoms with Gasteiger partial charge in [0.15, 0.2) is 0 Å². The van der Waals surface area contributed by atoms with E-state index in [1.165, 1.54) is 6.07 Å². The number of likely N-dealkylation sites (tertiary alicyclic amines) is 1. The fraction of sp³-hybridized carbons (Fsp3) is 0.625. The Morgan fingerprint density at radius 1 is 1.35 bits per heavy atom. The van der Waals surface area contributed by atoms with Crippen molar-refractivity contribution in [3.8, 4) is 0 Å². The normalized spacial score (nSPS) is 23.9. The van der Waals surface area contributed by atoms with Gasteiger partial charge in [0.1, 0.15) is 0 Å². The van der Waals surface area contributed by atoms with Crippen LogP contribution in [0.15, 0.2) is 24.3 Å². The molecule has 1 aromatic rings. The highest BCUT2D eigenvalue weighted by Crippen LogP contribution is 2.36. The fourth-order valence-electron chi connectivity index (χ4n) is 3.03. The maximum absolute atomic E-state index is 12.9. The van der Waals surface area contributed by atoms with E-state index in [0.717, 1.165) is 25.1 Å². The molecule has 0 aromatic heterocycles. The minimum Gasteiger partial charge on any atom is -0.314 e. The molecular formula is C16H24F2N2. The number of rotatable bonds is 5. The topological polar surface area (TPSA) is 15.3 Å². The van der Waals surface area contributed by atoms with Gasteiger partial charge < -0.3 is 5.32 Å². The summed E-state index contributed by atoms with van der Waals surface area (Å²) < 4.78 is 25.7. The van der Waals surface area contributed by atoms with Crippen LogP contribution in [0.4, 0.5) is 8.78 Å². The van der Waals surface area contributed by atoms with Crippen LogP contribution in [0.3, 0.4) is 0 Å². The van der Waals surface area contributed by atoms with Crippen LogP contribution in [0.25, 0.3) is 0 Å². The van der Waals surface area contributed by atoms with Crippen molar-refractivity contribution in [2.24, 2.45) is 5.92 Å². The number of nitrogens with zero attached hydrogens (tertiary/aromatic N) is 1. The molecule has 1 aliphatic heterocycles. The fourth-order valence-corrected chi connectivity index (χ4v) is 3.03. The highest BCUT2D eigenvalue weighted by atomic mass is 19.3.